The average Bonchev–Trinajstić information content (AvgIpc) is 3.20. The minimum absolute atomic E-state index is 0.0216. The lowest BCUT2D eigenvalue weighted by Crippen LogP contribution is -2.39. The molecular weight excluding hydrogens is 364 g/mol. The van der Waals surface area contributed by atoms with E-state index in [9.17, 15) is 4.79 Å². The fraction of sp³-hybridized carbons (Fsp3) is 0.458. The molecule has 1 aliphatic heterocycles. The van der Waals surface area contributed by atoms with Crippen LogP contribution >= 0.6 is 0 Å². The third kappa shape index (κ3) is 5.97. The van der Waals surface area contributed by atoms with Gasteiger partial charge in [-0.15, -0.1) is 0 Å². The largest absolute Gasteiger partial charge is 0.497 e. The van der Waals surface area contributed by atoms with Gasteiger partial charge in [0, 0.05) is 13.1 Å². The van der Waals surface area contributed by atoms with Gasteiger partial charge >= 0.3 is 6.03 Å². The van der Waals surface area contributed by atoms with E-state index in [-0.39, 0.29) is 17.7 Å². The second kappa shape index (κ2) is 9.31. The summed E-state index contributed by atoms with van der Waals surface area (Å²) in [6.45, 7) is 7.98. The number of ether oxygens (including phenoxy) is 2. The lowest BCUT2D eigenvalue weighted by molar-refractivity contribution is -0.0149. The van der Waals surface area contributed by atoms with Crippen molar-refractivity contribution in [2.24, 2.45) is 0 Å². The van der Waals surface area contributed by atoms with E-state index < -0.39 is 0 Å². The molecule has 0 saturated carbocycles. The summed E-state index contributed by atoms with van der Waals surface area (Å²) in [5, 5.41) is 3.08. The lowest BCUT2D eigenvalue weighted by Gasteiger charge is -2.25. The van der Waals surface area contributed by atoms with Crippen LogP contribution in [0.25, 0.3) is 0 Å². The van der Waals surface area contributed by atoms with Crippen molar-refractivity contribution in [3.05, 3.63) is 65.2 Å². The zero-order valence-electron chi connectivity index (χ0n) is 17.9. The van der Waals surface area contributed by atoms with Crippen molar-refractivity contribution < 1.29 is 14.3 Å². The Morgan fingerprint density at radius 1 is 1.14 bits per heavy atom. The third-order valence-corrected chi connectivity index (χ3v) is 5.10. The molecule has 1 aliphatic rings. The number of carbonyl (C=O) groups excluding carboxylic acids is 1. The van der Waals surface area contributed by atoms with Crippen molar-refractivity contribution in [3.8, 4) is 5.75 Å². The van der Waals surface area contributed by atoms with Crippen LogP contribution in [-0.4, -0.2) is 30.2 Å². The van der Waals surface area contributed by atoms with Crippen molar-refractivity contribution >= 4 is 6.03 Å². The van der Waals surface area contributed by atoms with Crippen molar-refractivity contribution in [1.29, 1.82) is 0 Å². The van der Waals surface area contributed by atoms with Crippen LogP contribution in [0.3, 0.4) is 0 Å². The second-order valence-electron chi connectivity index (χ2n) is 8.51. The molecule has 29 heavy (non-hydrogen) atoms. The first kappa shape index (κ1) is 21.2. The predicted octanol–water partition coefficient (Wildman–Crippen LogP) is 5.06. The van der Waals surface area contributed by atoms with Crippen LogP contribution in [-0.2, 0) is 17.9 Å². The zero-order valence-corrected chi connectivity index (χ0v) is 17.9. The number of amides is 2. The lowest BCUT2D eigenvalue weighted by atomic mass is 10.0. The summed E-state index contributed by atoms with van der Waals surface area (Å²) in [7, 11) is 1.67. The van der Waals surface area contributed by atoms with E-state index in [1.807, 2.05) is 56.0 Å². The van der Waals surface area contributed by atoms with Crippen molar-refractivity contribution in [3.63, 3.8) is 0 Å². The smallest absolute Gasteiger partial charge is 0.318 e. The molecule has 2 aromatic rings. The highest BCUT2D eigenvalue weighted by molar-refractivity contribution is 5.75. The summed E-state index contributed by atoms with van der Waals surface area (Å²) >= 11 is 0. The molecule has 1 heterocycles. The molecular formula is C24H32N2O3. The molecule has 2 aromatic carbocycles. The topological polar surface area (TPSA) is 50.8 Å². The van der Waals surface area contributed by atoms with Crippen LogP contribution in [0.1, 0.15) is 56.3 Å². The fourth-order valence-corrected chi connectivity index (χ4v) is 3.61. The molecule has 5 nitrogen and oxygen atoms in total. The number of carbonyl (C=O) groups is 1. The van der Waals surface area contributed by atoms with Gasteiger partial charge in [0.05, 0.1) is 25.4 Å². The van der Waals surface area contributed by atoms with Crippen molar-refractivity contribution in [2.45, 2.75) is 58.4 Å². The molecule has 3 rings (SSSR count). The van der Waals surface area contributed by atoms with Crippen LogP contribution < -0.4 is 10.1 Å². The number of rotatable bonds is 6. The highest BCUT2D eigenvalue weighted by Crippen LogP contribution is 2.33. The molecule has 0 spiro atoms. The van der Waals surface area contributed by atoms with E-state index in [0.717, 1.165) is 41.8 Å². The second-order valence-corrected chi connectivity index (χ2v) is 8.51. The quantitative estimate of drug-likeness (QED) is 0.743. The molecule has 1 unspecified atom stereocenters. The minimum atomic E-state index is -0.172. The molecule has 1 atom stereocenters. The zero-order chi connectivity index (χ0) is 20.9. The summed E-state index contributed by atoms with van der Waals surface area (Å²) in [4.78, 5) is 14.8. The molecule has 156 valence electrons. The van der Waals surface area contributed by atoms with Gasteiger partial charge in [-0.2, -0.15) is 0 Å². The van der Waals surface area contributed by atoms with E-state index in [1.165, 1.54) is 0 Å². The molecule has 0 aliphatic carbocycles. The van der Waals surface area contributed by atoms with E-state index in [1.54, 1.807) is 7.11 Å². The van der Waals surface area contributed by atoms with Gasteiger partial charge in [0.2, 0.25) is 0 Å². The van der Waals surface area contributed by atoms with E-state index >= 15 is 0 Å². The van der Waals surface area contributed by atoms with Gasteiger partial charge in [-0.1, -0.05) is 36.4 Å². The molecule has 2 amide bonds. The van der Waals surface area contributed by atoms with Gasteiger partial charge in [-0.3, -0.25) is 0 Å². The Bertz CT molecular complexity index is 829. The highest BCUT2D eigenvalue weighted by atomic mass is 16.5. The standard InChI is InChI=1S/C24H32N2O3/c1-24(2,3)29-17-19-9-5-8-18(14-19)16-25-23(27)26-13-7-12-22(26)20-10-6-11-21(15-20)28-4/h5-6,8-11,14-15,22H,7,12-13,16-17H2,1-4H3,(H,25,27). The summed E-state index contributed by atoms with van der Waals surface area (Å²) in [6, 6.07) is 16.3. The average molecular weight is 397 g/mol. The van der Waals surface area contributed by atoms with Gasteiger partial charge < -0.3 is 19.7 Å². The van der Waals surface area contributed by atoms with Gasteiger partial charge in [0.15, 0.2) is 0 Å². The van der Waals surface area contributed by atoms with Crippen LogP contribution in [0.2, 0.25) is 0 Å². The number of benzene rings is 2. The Hall–Kier alpha value is -2.53. The van der Waals surface area contributed by atoms with Crippen molar-refractivity contribution in [1.82, 2.24) is 10.2 Å². The molecule has 0 bridgehead atoms. The predicted molar refractivity (Wildman–Crippen MR) is 115 cm³/mol. The molecule has 1 N–H and O–H groups in total. The SMILES string of the molecule is COc1cccc(C2CCCN2C(=O)NCc2cccc(COC(C)(C)C)c2)c1. The summed E-state index contributed by atoms with van der Waals surface area (Å²) in [5.74, 6) is 0.823. The minimum Gasteiger partial charge on any atom is -0.497 e. The van der Waals surface area contributed by atoms with Crippen LogP contribution in [0.4, 0.5) is 4.79 Å². The first-order valence-electron chi connectivity index (χ1n) is 10.3. The normalized spacial score (nSPS) is 16.7. The number of likely N-dealkylation sites (tertiary alicyclic amines) is 1. The first-order chi connectivity index (χ1) is 13.9. The van der Waals surface area contributed by atoms with E-state index in [2.05, 4.69) is 23.5 Å². The Kier molecular flexibility index (Phi) is 6.80. The number of hydrogen-bond acceptors (Lipinski definition) is 3. The molecule has 0 radical (unpaired) electrons. The van der Waals surface area contributed by atoms with Crippen molar-refractivity contribution in [2.75, 3.05) is 13.7 Å². The Balaban J connectivity index is 1.60. The van der Waals surface area contributed by atoms with Crippen LogP contribution in [0, 0.1) is 0 Å². The highest BCUT2D eigenvalue weighted by Gasteiger charge is 2.30. The van der Waals surface area contributed by atoms with Gasteiger partial charge in [0.1, 0.15) is 5.75 Å². The molecule has 1 fully saturated rings. The summed E-state index contributed by atoms with van der Waals surface area (Å²) < 4.78 is 11.2. The van der Waals surface area contributed by atoms with Crippen LogP contribution in [0.15, 0.2) is 48.5 Å². The molecule has 5 heteroatoms. The monoisotopic (exact) mass is 396 g/mol. The molecule has 1 saturated heterocycles. The maximum absolute atomic E-state index is 12.9. The number of nitrogens with zero attached hydrogens (tertiary/aromatic N) is 1. The number of urea groups is 1. The molecule has 0 aromatic heterocycles. The third-order valence-electron chi connectivity index (χ3n) is 5.10. The van der Waals surface area contributed by atoms with E-state index in [0.29, 0.717) is 13.2 Å². The Morgan fingerprint density at radius 2 is 1.90 bits per heavy atom. The van der Waals surface area contributed by atoms with Gasteiger partial charge in [-0.25, -0.2) is 4.79 Å². The Labute approximate surface area is 174 Å². The fourth-order valence-electron chi connectivity index (χ4n) is 3.61. The maximum Gasteiger partial charge on any atom is 0.318 e. The van der Waals surface area contributed by atoms with Crippen LogP contribution in [0.5, 0.6) is 5.75 Å². The Morgan fingerprint density at radius 3 is 2.66 bits per heavy atom. The van der Waals surface area contributed by atoms with Gasteiger partial charge in [-0.05, 0) is 62.4 Å². The summed E-state index contributed by atoms with van der Waals surface area (Å²) in [6.07, 6.45) is 1.98. The summed E-state index contributed by atoms with van der Waals surface area (Å²) in [5.41, 5.74) is 3.14. The number of hydrogen-bond donors (Lipinski definition) is 1. The first-order valence-corrected chi connectivity index (χ1v) is 10.3. The van der Waals surface area contributed by atoms with E-state index in [4.69, 9.17) is 9.47 Å². The number of methoxy groups -OCH3 is 1. The number of nitrogens with one attached hydrogen (secondary N) is 1. The van der Waals surface area contributed by atoms with Gasteiger partial charge in [0.25, 0.3) is 0 Å². The maximum atomic E-state index is 12.9.